The molecule has 0 spiro atoms. The fraction of sp³-hybridized carbons (Fsp3) is 0.250. The van der Waals surface area contributed by atoms with E-state index in [2.05, 4.69) is 15.0 Å². The molecule has 1 aliphatic heterocycles. The number of ether oxygens (including phenoxy) is 1. The summed E-state index contributed by atoms with van der Waals surface area (Å²) >= 11 is 0. The van der Waals surface area contributed by atoms with Crippen molar-refractivity contribution in [3.63, 3.8) is 0 Å². The molecule has 1 atom stereocenters. The minimum absolute atomic E-state index is 0.314. The van der Waals surface area contributed by atoms with Gasteiger partial charge in [0.05, 0.1) is 37.8 Å². The molecule has 0 radical (unpaired) electrons. The van der Waals surface area contributed by atoms with Crippen LogP contribution in [-0.2, 0) is 5.54 Å². The Bertz CT molecular complexity index is 1620. The number of aromatic amines is 1. The Kier molecular flexibility index (Phi) is 8.02. The lowest BCUT2D eigenvalue weighted by molar-refractivity contribution is 0.144. The summed E-state index contributed by atoms with van der Waals surface area (Å²) in [6.07, 6.45) is 7.60. The van der Waals surface area contributed by atoms with Crippen LogP contribution in [0.15, 0.2) is 77.2 Å². The molecule has 1 unspecified atom stereocenters. The van der Waals surface area contributed by atoms with E-state index in [4.69, 9.17) is 4.74 Å². The standard InChI is InChI=1S/C25H24FN5O3.C3H5F/c1-16-13-30(15-28-16)21-8-3-17(12-22(21)34-2)11-20-23(33)31-24(29-20)27-10-9-25(31,14-32)18-4-6-19(26)7-5-18;1-2-3-4/h3-8,11-13,15,32H,9-10,14H2,1-2H3,(H,27,29);2-3H,1H3/b20-11-;3-2+. The summed E-state index contributed by atoms with van der Waals surface area (Å²) in [5.41, 5.74) is 2.16. The Labute approximate surface area is 217 Å². The van der Waals surface area contributed by atoms with E-state index in [-0.39, 0.29) is 18.0 Å². The van der Waals surface area contributed by atoms with E-state index in [9.17, 15) is 18.7 Å². The maximum absolute atomic E-state index is 13.5. The molecule has 38 heavy (non-hydrogen) atoms. The number of aliphatic hydroxyl groups excluding tert-OH is 1. The summed E-state index contributed by atoms with van der Waals surface area (Å²) in [4.78, 5) is 25.3. The van der Waals surface area contributed by atoms with Gasteiger partial charge < -0.3 is 19.4 Å². The summed E-state index contributed by atoms with van der Waals surface area (Å²) in [6.45, 7) is 3.64. The van der Waals surface area contributed by atoms with Crippen LogP contribution in [0.5, 0.6) is 5.75 Å². The van der Waals surface area contributed by atoms with Crippen LogP contribution in [0.1, 0.15) is 30.2 Å². The van der Waals surface area contributed by atoms with Crippen LogP contribution in [0.25, 0.3) is 11.8 Å². The van der Waals surface area contributed by atoms with Gasteiger partial charge in [0.15, 0.2) is 0 Å². The van der Waals surface area contributed by atoms with E-state index < -0.39 is 5.54 Å². The number of rotatable bonds is 5. The third-order valence-corrected chi connectivity index (χ3v) is 6.38. The van der Waals surface area contributed by atoms with Crippen molar-refractivity contribution < 1.29 is 18.6 Å². The van der Waals surface area contributed by atoms with Gasteiger partial charge in [-0.15, -0.1) is 0 Å². The molecule has 0 saturated heterocycles. The van der Waals surface area contributed by atoms with Crippen molar-refractivity contribution in [2.75, 3.05) is 20.3 Å². The Morgan fingerprint density at radius 3 is 2.58 bits per heavy atom. The number of fused-ring (bicyclic) bond motifs is 1. The fourth-order valence-corrected chi connectivity index (χ4v) is 4.50. The summed E-state index contributed by atoms with van der Waals surface area (Å²) < 4.78 is 33.0. The summed E-state index contributed by atoms with van der Waals surface area (Å²) in [5.74, 6) is 0.250. The zero-order valence-corrected chi connectivity index (χ0v) is 21.4. The molecule has 0 fully saturated rings. The molecule has 3 heterocycles. The second-order valence-electron chi connectivity index (χ2n) is 8.79. The zero-order valence-electron chi connectivity index (χ0n) is 21.4. The van der Waals surface area contributed by atoms with Crippen molar-refractivity contribution in [3.05, 3.63) is 111 Å². The molecule has 8 nitrogen and oxygen atoms in total. The van der Waals surface area contributed by atoms with Crippen molar-refractivity contribution in [2.45, 2.75) is 25.8 Å². The van der Waals surface area contributed by atoms with Crippen LogP contribution in [0.3, 0.4) is 0 Å². The van der Waals surface area contributed by atoms with Crippen LogP contribution in [0.2, 0.25) is 0 Å². The minimum Gasteiger partial charge on any atom is -0.495 e. The summed E-state index contributed by atoms with van der Waals surface area (Å²) in [6, 6.07) is 11.5. The number of halogens is 2. The van der Waals surface area contributed by atoms with E-state index in [1.807, 2.05) is 35.9 Å². The van der Waals surface area contributed by atoms with Crippen LogP contribution >= 0.6 is 0 Å². The first kappa shape index (κ1) is 26.7. The number of aryl methyl sites for hydroxylation is 1. The highest BCUT2D eigenvalue weighted by Gasteiger charge is 2.38. The maximum Gasteiger partial charge on any atom is 0.277 e. The van der Waals surface area contributed by atoms with Gasteiger partial charge in [0.25, 0.3) is 5.56 Å². The summed E-state index contributed by atoms with van der Waals surface area (Å²) in [7, 11) is 1.59. The molecule has 5 rings (SSSR count). The van der Waals surface area contributed by atoms with Crippen LogP contribution in [0.4, 0.5) is 8.78 Å². The highest BCUT2D eigenvalue weighted by atomic mass is 19.1. The molecule has 0 aliphatic carbocycles. The average molecular weight is 522 g/mol. The Morgan fingerprint density at radius 2 is 1.97 bits per heavy atom. The van der Waals surface area contributed by atoms with Crippen molar-refractivity contribution in [3.8, 4) is 11.4 Å². The number of benzene rings is 2. The highest BCUT2D eigenvalue weighted by molar-refractivity contribution is 5.58. The monoisotopic (exact) mass is 521 g/mol. The number of H-pyrrole nitrogens is 1. The van der Waals surface area contributed by atoms with Gasteiger partial charge in [-0.1, -0.05) is 24.3 Å². The van der Waals surface area contributed by atoms with Crippen LogP contribution < -0.4 is 21.3 Å². The zero-order chi connectivity index (χ0) is 27.3. The Morgan fingerprint density at radius 1 is 1.24 bits per heavy atom. The third kappa shape index (κ3) is 5.08. The molecule has 1 aliphatic rings. The lowest BCUT2D eigenvalue weighted by Crippen LogP contribution is -2.53. The largest absolute Gasteiger partial charge is 0.495 e. The third-order valence-electron chi connectivity index (χ3n) is 6.38. The predicted molar refractivity (Wildman–Crippen MR) is 140 cm³/mol. The van der Waals surface area contributed by atoms with Gasteiger partial charge in [0.2, 0.25) is 5.62 Å². The van der Waals surface area contributed by atoms with Gasteiger partial charge in [-0.3, -0.25) is 14.4 Å². The molecule has 2 N–H and O–H groups in total. The van der Waals surface area contributed by atoms with Gasteiger partial charge in [0, 0.05) is 12.7 Å². The first-order chi connectivity index (χ1) is 18.4. The molecule has 198 valence electrons. The average Bonchev–Trinajstić information content (AvgIpc) is 3.51. The first-order valence-corrected chi connectivity index (χ1v) is 12.0. The quantitative estimate of drug-likeness (QED) is 0.422. The molecule has 2 aromatic heterocycles. The molecule has 0 amide bonds. The van der Waals surface area contributed by atoms with E-state index in [1.165, 1.54) is 22.8 Å². The number of nitrogens with one attached hydrogen (secondary N) is 1. The van der Waals surface area contributed by atoms with Crippen LogP contribution in [-0.4, -0.2) is 44.5 Å². The topological polar surface area (TPSA) is 97.4 Å². The van der Waals surface area contributed by atoms with Crippen molar-refractivity contribution in [1.82, 2.24) is 19.1 Å². The second kappa shape index (κ2) is 11.4. The minimum atomic E-state index is -1.02. The van der Waals surface area contributed by atoms with Crippen molar-refractivity contribution >= 4 is 6.08 Å². The van der Waals surface area contributed by atoms with Crippen molar-refractivity contribution in [1.29, 1.82) is 0 Å². The first-order valence-electron chi connectivity index (χ1n) is 12.0. The molecule has 0 bridgehead atoms. The van der Waals surface area contributed by atoms with Gasteiger partial charge >= 0.3 is 0 Å². The lowest BCUT2D eigenvalue weighted by Gasteiger charge is -2.34. The molecule has 0 saturated carbocycles. The molecule has 10 heteroatoms. The number of hydrogen-bond donors (Lipinski definition) is 2. The molecular formula is C28H29F2N5O3. The van der Waals surface area contributed by atoms with Gasteiger partial charge in [-0.25, -0.2) is 13.8 Å². The van der Waals surface area contributed by atoms with E-state index in [0.717, 1.165) is 16.9 Å². The maximum atomic E-state index is 13.5. The molecular weight excluding hydrogens is 492 g/mol. The smallest absolute Gasteiger partial charge is 0.277 e. The van der Waals surface area contributed by atoms with Gasteiger partial charge in [0.1, 0.15) is 22.5 Å². The predicted octanol–water partition coefficient (Wildman–Crippen LogP) is 2.90. The second-order valence-corrected chi connectivity index (χ2v) is 8.79. The normalized spacial score (nSPS) is 17.1. The number of aliphatic hydroxyl groups is 1. The van der Waals surface area contributed by atoms with E-state index in [1.54, 1.807) is 38.6 Å². The lowest BCUT2D eigenvalue weighted by atomic mass is 9.86. The number of aromatic nitrogens is 4. The number of methoxy groups -OCH3 is 1. The number of hydrogen-bond acceptors (Lipinski definition) is 5. The molecule has 4 aromatic rings. The SMILES string of the molecule is C/C=C/F.COc1cc(/C=c2\[nH]c3n(c2=O)C(CO)(c2ccc(F)cc2)CCN=3)ccc1-n1cnc(C)c1. The number of nitrogens with zero attached hydrogens (tertiary/aromatic N) is 4. The highest BCUT2D eigenvalue weighted by Crippen LogP contribution is 2.29. The van der Waals surface area contributed by atoms with Gasteiger partial charge in [-0.2, -0.15) is 0 Å². The molecule has 2 aromatic carbocycles. The Hall–Kier alpha value is -4.31. The summed E-state index contributed by atoms with van der Waals surface area (Å²) in [5, 5.41) is 10.7. The fourth-order valence-electron chi connectivity index (χ4n) is 4.50. The number of imidazole rings is 2. The Balaban J connectivity index is 0.000000786. The number of allylic oxidation sites excluding steroid dienone is 1. The van der Waals surface area contributed by atoms with Crippen LogP contribution in [0, 0.1) is 12.7 Å². The van der Waals surface area contributed by atoms with E-state index >= 15 is 0 Å². The van der Waals surface area contributed by atoms with Crippen molar-refractivity contribution in [2.24, 2.45) is 4.99 Å². The van der Waals surface area contributed by atoms with E-state index in [0.29, 0.717) is 41.6 Å². The van der Waals surface area contributed by atoms with Gasteiger partial charge in [-0.05, 0) is 61.7 Å².